The minimum atomic E-state index is -3.07. The number of alkyl halides is 2. The summed E-state index contributed by atoms with van der Waals surface area (Å²) in [5.41, 5.74) is 0.213. The van der Waals surface area contributed by atoms with Gasteiger partial charge in [0, 0.05) is 5.54 Å². The highest BCUT2D eigenvalue weighted by Crippen LogP contribution is 2.09. The zero-order chi connectivity index (χ0) is 5.86. The highest BCUT2D eigenvalue weighted by atomic mass is 35.5. The zero-order valence-electron chi connectivity index (χ0n) is 3.17. The molecule has 0 spiro atoms. The molecule has 0 saturated carbocycles. The largest absolute Gasteiger partial charge is 0.290 e. The van der Waals surface area contributed by atoms with Crippen LogP contribution in [-0.4, -0.2) is 6.43 Å². The summed E-state index contributed by atoms with van der Waals surface area (Å²) in [6.07, 6.45) is -3.07. The van der Waals surface area contributed by atoms with Crippen molar-refractivity contribution in [3.63, 3.8) is 0 Å². The van der Waals surface area contributed by atoms with Crippen LogP contribution in [0.3, 0.4) is 0 Å². The van der Waals surface area contributed by atoms with Gasteiger partial charge in [-0.1, -0.05) is 11.6 Å². The fourth-order valence-electron chi connectivity index (χ4n) is 0.0476. The first kappa shape index (κ1) is 6.82. The number of allylic oxidation sites excluding steroid dienone is 1. The Balaban J connectivity index is 3.56. The van der Waals surface area contributed by atoms with Gasteiger partial charge in [0.2, 0.25) is 0 Å². The SMILES string of the molecule is F/C(=C\Cl)C(F)F. The van der Waals surface area contributed by atoms with Crippen LogP contribution in [0, 0.1) is 0 Å². The van der Waals surface area contributed by atoms with Crippen molar-refractivity contribution in [2.24, 2.45) is 0 Å². The molecule has 0 aromatic heterocycles. The maximum atomic E-state index is 11.2. The molecule has 0 fully saturated rings. The molecule has 0 amide bonds. The third-order valence-corrected chi connectivity index (χ3v) is 0.521. The predicted molar refractivity (Wildman–Crippen MR) is 21.0 cm³/mol. The topological polar surface area (TPSA) is 0 Å². The molecule has 0 aliphatic rings. The van der Waals surface area contributed by atoms with Gasteiger partial charge in [-0.2, -0.15) is 0 Å². The molecular formula is C3H2ClF3. The minimum Gasteiger partial charge on any atom is -0.205 e. The second kappa shape index (κ2) is 2.91. The van der Waals surface area contributed by atoms with E-state index in [1.807, 2.05) is 0 Å². The van der Waals surface area contributed by atoms with Gasteiger partial charge in [0.1, 0.15) is 0 Å². The first-order valence-corrected chi connectivity index (χ1v) is 1.86. The Morgan fingerprint density at radius 1 is 1.57 bits per heavy atom. The molecule has 0 radical (unpaired) electrons. The van der Waals surface area contributed by atoms with Crippen LogP contribution >= 0.6 is 11.6 Å². The van der Waals surface area contributed by atoms with Gasteiger partial charge >= 0.3 is 0 Å². The van der Waals surface area contributed by atoms with Gasteiger partial charge in [-0.15, -0.1) is 0 Å². The molecule has 0 aliphatic heterocycles. The van der Waals surface area contributed by atoms with Crippen LogP contribution in [0.25, 0.3) is 0 Å². The first-order chi connectivity index (χ1) is 3.18. The number of rotatable bonds is 1. The van der Waals surface area contributed by atoms with Crippen molar-refractivity contribution in [1.82, 2.24) is 0 Å². The van der Waals surface area contributed by atoms with Gasteiger partial charge in [-0.05, 0) is 0 Å². The molecule has 0 nitrogen and oxygen atoms in total. The normalized spacial score (nSPS) is 13.0. The predicted octanol–water partition coefficient (Wildman–Crippen LogP) is 2.30. The third-order valence-electron chi connectivity index (χ3n) is 0.313. The lowest BCUT2D eigenvalue weighted by Gasteiger charge is -1.86. The lowest BCUT2D eigenvalue weighted by molar-refractivity contribution is 0.159. The number of halogens is 4. The van der Waals surface area contributed by atoms with Gasteiger partial charge in [-0.25, -0.2) is 13.2 Å². The maximum absolute atomic E-state index is 11.2. The zero-order valence-corrected chi connectivity index (χ0v) is 3.92. The summed E-state index contributed by atoms with van der Waals surface area (Å²) in [5, 5.41) is 0. The van der Waals surface area contributed by atoms with Crippen molar-refractivity contribution in [1.29, 1.82) is 0 Å². The van der Waals surface area contributed by atoms with Crippen molar-refractivity contribution < 1.29 is 13.2 Å². The van der Waals surface area contributed by atoms with Crippen LogP contribution in [0.15, 0.2) is 11.4 Å². The molecular weight excluding hydrogens is 128 g/mol. The van der Waals surface area contributed by atoms with Crippen molar-refractivity contribution >= 4 is 11.6 Å². The van der Waals surface area contributed by atoms with Crippen molar-refractivity contribution in [3.05, 3.63) is 11.4 Å². The molecule has 0 aliphatic carbocycles. The Kier molecular flexibility index (Phi) is 2.83. The Labute approximate surface area is 43.6 Å². The minimum absolute atomic E-state index is 0.213. The summed E-state index contributed by atoms with van der Waals surface area (Å²) in [6, 6.07) is 0. The number of hydrogen-bond donors (Lipinski definition) is 0. The van der Waals surface area contributed by atoms with E-state index in [0.29, 0.717) is 0 Å². The summed E-state index contributed by atoms with van der Waals surface area (Å²) in [5.74, 6) is -1.60. The van der Waals surface area contributed by atoms with E-state index in [1.165, 1.54) is 0 Å². The van der Waals surface area contributed by atoms with E-state index in [4.69, 9.17) is 0 Å². The summed E-state index contributed by atoms with van der Waals surface area (Å²) in [7, 11) is 0. The Morgan fingerprint density at radius 3 is 2.00 bits per heavy atom. The molecule has 0 saturated heterocycles. The summed E-state index contributed by atoms with van der Waals surface area (Å²) in [4.78, 5) is 0. The molecule has 0 rings (SSSR count). The van der Waals surface area contributed by atoms with Gasteiger partial charge in [0.25, 0.3) is 6.43 Å². The number of hydrogen-bond acceptors (Lipinski definition) is 0. The van der Waals surface area contributed by atoms with E-state index in [9.17, 15) is 13.2 Å². The van der Waals surface area contributed by atoms with E-state index in [0.717, 1.165) is 0 Å². The van der Waals surface area contributed by atoms with Crippen LogP contribution in [0.1, 0.15) is 0 Å². The Hall–Kier alpha value is -0.180. The standard InChI is InChI=1S/C3H2ClF3/c4-1-2(5)3(6)7/h1,3H/b2-1-. The highest BCUT2D eigenvalue weighted by Gasteiger charge is 2.07. The van der Waals surface area contributed by atoms with Gasteiger partial charge in [-0.3, -0.25) is 0 Å². The van der Waals surface area contributed by atoms with Crippen molar-refractivity contribution in [2.45, 2.75) is 6.43 Å². The van der Waals surface area contributed by atoms with Crippen LogP contribution < -0.4 is 0 Å². The van der Waals surface area contributed by atoms with Crippen molar-refractivity contribution in [3.8, 4) is 0 Å². The second-order valence-electron chi connectivity index (χ2n) is 0.795. The first-order valence-electron chi connectivity index (χ1n) is 1.42. The molecule has 0 atom stereocenters. The highest BCUT2D eigenvalue weighted by molar-refractivity contribution is 6.25. The second-order valence-corrected chi connectivity index (χ2v) is 1.01. The smallest absolute Gasteiger partial charge is 0.205 e. The molecule has 0 aromatic carbocycles. The maximum Gasteiger partial charge on any atom is 0.290 e. The van der Waals surface area contributed by atoms with E-state index < -0.39 is 12.3 Å². The van der Waals surface area contributed by atoms with Crippen molar-refractivity contribution in [2.75, 3.05) is 0 Å². The van der Waals surface area contributed by atoms with Gasteiger partial charge < -0.3 is 0 Å². The molecule has 0 unspecified atom stereocenters. The van der Waals surface area contributed by atoms with Crippen LogP contribution in [0.5, 0.6) is 0 Å². The summed E-state index contributed by atoms with van der Waals surface area (Å²) >= 11 is 4.53. The average molecular weight is 130 g/mol. The summed E-state index contributed by atoms with van der Waals surface area (Å²) in [6.45, 7) is 0. The molecule has 7 heavy (non-hydrogen) atoms. The Morgan fingerprint density at radius 2 is 2.00 bits per heavy atom. The van der Waals surface area contributed by atoms with E-state index >= 15 is 0 Å². The van der Waals surface area contributed by atoms with Crippen LogP contribution in [0.2, 0.25) is 0 Å². The molecule has 4 heteroatoms. The monoisotopic (exact) mass is 130 g/mol. The molecule has 0 aromatic rings. The molecule has 0 bridgehead atoms. The van der Waals surface area contributed by atoms with Gasteiger partial charge in [0.05, 0.1) is 0 Å². The van der Waals surface area contributed by atoms with Gasteiger partial charge in [0.15, 0.2) is 5.83 Å². The Bertz CT molecular complexity index is 78.2. The van der Waals surface area contributed by atoms with Crippen LogP contribution in [0.4, 0.5) is 13.2 Å². The lowest BCUT2D eigenvalue weighted by Crippen LogP contribution is -1.86. The third kappa shape index (κ3) is 2.51. The molecule has 0 heterocycles. The van der Waals surface area contributed by atoms with E-state index in [-0.39, 0.29) is 5.54 Å². The van der Waals surface area contributed by atoms with Crippen LogP contribution in [-0.2, 0) is 0 Å². The summed E-state index contributed by atoms with van der Waals surface area (Å²) < 4.78 is 33.0. The molecule has 42 valence electrons. The average Bonchev–Trinajstić information content (AvgIpc) is 1.65. The lowest BCUT2D eigenvalue weighted by atomic mass is 10.6. The quantitative estimate of drug-likeness (QED) is 0.511. The molecule has 0 N–H and O–H groups in total. The van der Waals surface area contributed by atoms with E-state index in [2.05, 4.69) is 11.6 Å². The fraction of sp³-hybridized carbons (Fsp3) is 0.333. The van der Waals surface area contributed by atoms with E-state index in [1.54, 1.807) is 0 Å². The fourth-order valence-corrected chi connectivity index (χ4v) is 0.143.